The standard InChI is InChI=1S/C17H21FN4O2/c1-2-15(23)19-14-7-9-22(10-8-14)11-16-20-17(21-24-16)12-3-5-13(18)6-4-12/h3-6,14H,2,7-11H2,1H3,(H,19,23). The third kappa shape index (κ3) is 4.17. The first-order chi connectivity index (χ1) is 11.6. The van der Waals surface area contributed by atoms with Gasteiger partial charge >= 0.3 is 0 Å². The van der Waals surface area contributed by atoms with E-state index in [2.05, 4.69) is 20.4 Å². The fraction of sp³-hybridized carbons (Fsp3) is 0.471. The minimum atomic E-state index is -0.291. The number of hydrogen-bond acceptors (Lipinski definition) is 5. The number of amides is 1. The van der Waals surface area contributed by atoms with Crippen LogP contribution in [0.2, 0.25) is 0 Å². The van der Waals surface area contributed by atoms with Gasteiger partial charge in [-0.1, -0.05) is 12.1 Å². The molecule has 0 bridgehead atoms. The summed E-state index contributed by atoms with van der Waals surface area (Å²) < 4.78 is 18.2. The second kappa shape index (κ2) is 7.53. The van der Waals surface area contributed by atoms with Crippen LogP contribution in [0.4, 0.5) is 4.39 Å². The molecule has 24 heavy (non-hydrogen) atoms. The van der Waals surface area contributed by atoms with E-state index in [1.165, 1.54) is 12.1 Å². The number of nitrogens with zero attached hydrogens (tertiary/aromatic N) is 3. The van der Waals surface area contributed by atoms with Crippen molar-refractivity contribution in [1.29, 1.82) is 0 Å². The number of hydrogen-bond donors (Lipinski definition) is 1. The van der Waals surface area contributed by atoms with Gasteiger partial charge in [0.15, 0.2) is 0 Å². The van der Waals surface area contributed by atoms with Crippen LogP contribution in [0.5, 0.6) is 0 Å². The van der Waals surface area contributed by atoms with Gasteiger partial charge in [0.1, 0.15) is 5.82 Å². The molecule has 0 spiro atoms. The topological polar surface area (TPSA) is 71.3 Å². The van der Waals surface area contributed by atoms with E-state index >= 15 is 0 Å². The first kappa shape index (κ1) is 16.6. The van der Waals surface area contributed by atoms with Crippen LogP contribution in [0.15, 0.2) is 28.8 Å². The highest BCUT2D eigenvalue weighted by atomic mass is 19.1. The highest BCUT2D eigenvalue weighted by Crippen LogP contribution is 2.18. The smallest absolute Gasteiger partial charge is 0.241 e. The summed E-state index contributed by atoms with van der Waals surface area (Å²) in [5.41, 5.74) is 0.729. The summed E-state index contributed by atoms with van der Waals surface area (Å²) in [6.45, 7) is 4.20. The number of rotatable bonds is 5. The Morgan fingerprint density at radius 1 is 1.33 bits per heavy atom. The van der Waals surface area contributed by atoms with Crippen molar-refractivity contribution in [3.05, 3.63) is 36.0 Å². The molecule has 0 saturated carbocycles. The molecule has 1 N–H and O–H groups in total. The molecule has 1 fully saturated rings. The predicted molar refractivity (Wildman–Crippen MR) is 86.4 cm³/mol. The summed E-state index contributed by atoms with van der Waals surface area (Å²) in [6.07, 6.45) is 2.36. The molecule has 1 saturated heterocycles. The maximum atomic E-state index is 13.0. The maximum Gasteiger partial charge on any atom is 0.241 e. The lowest BCUT2D eigenvalue weighted by molar-refractivity contribution is -0.121. The van der Waals surface area contributed by atoms with Gasteiger partial charge in [-0.05, 0) is 37.1 Å². The predicted octanol–water partition coefficient (Wildman–Crippen LogP) is 2.37. The zero-order valence-electron chi connectivity index (χ0n) is 13.7. The molecule has 1 amide bonds. The minimum absolute atomic E-state index is 0.106. The van der Waals surface area contributed by atoms with E-state index in [0.717, 1.165) is 31.5 Å². The Labute approximate surface area is 140 Å². The fourth-order valence-corrected chi connectivity index (χ4v) is 2.79. The van der Waals surface area contributed by atoms with Gasteiger partial charge in [0.2, 0.25) is 17.6 Å². The second-order valence-corrected chi connectivity index (χ2v) is 5.99. The van der Waals surface area contributed by atoms with Crippen molar-refractivity contribution in [2.24, 2.45) is 0 Å². The molecule has 1 aromatic carbocycles. The van der Waals surface area contributed by atoms with Gasteiger partial charge in [-0.25, -0.2) is 4.39 Å². The van der Waals surface area contributed by atoms with E-state index in [9.17, 15) is 9.18 Å². The van der Waals surface area contributed by atoms with E-state index in [4.69, 9.17) is 4.52 Å². The van der Waals surface area contributed by atoms with Crippen LogP contribution >= 0.6 is 0 Å². The van der Waals surface area contributed by atoms with Crippen molar-refractivity contribution < 1.29 is 13.7 Å². The number of carbonyl (C=O) groups is 1. The summed E-state index contributed by atoms with van der Waals surface area (Å²) in [5, 5.41) is 6.99. The fourth-order valence-electron chi connectivity index (χ4n) is 2.79. The van der Waals surface area contributed by atoms with Crippen molar-refractivity contribution in [2.45, 2.75) is 38.8 Å². The van der Waals surface area contributed by atoms with Gasteiger partial charge in [-0.2, -0.15) is 4.98 Å². The van der Waals surface area contributed by atoms with Crippen LogP contribution in [-0.4, -0.2) is 40.1 Å². The number of aromatic nitrogens is 2. The third-order valence-corrected chi connectivity index (χ3v) is 4.20. The highest BCUT2D eigenvalue weighted by Gasteiger charge is 2.22. The van der Waals surface area contributed by atoms with Crippen LogP contribution in [0.3, 0.4) is 0 Å². The molecule has 0 atom stereocenters. The zero-order chi connectivity index (χ0) is 16.9. The van der Waals surface area contributed by atoms with Crippen molar-refractivity contribution in [2.75, 3.05) is 13.1 Å². The largest absolute Gasteiger partial charge is 0.353 e. The number of piperidine rings is 1. The molecule has 7 heteroatoms. The molecule has 1 aromatic heterocycles. The minimum Gasteiger partial charge on any atom is -0.353 e. The monoisotopic (exact) mass is 332 g/mol. The van der Waals surface area contributed by atoms with E-state index < -0.39 is 0 Å². The Bertz CT molecular complexity index is 678. The lowest BCUT2D eigenvalue weighted by Gasteiger charge is -2.31. The maximum absolute atomic E-state index is 13.0. The van der Waals surface area contributed by atoms with Gasteiger partial charge in [-0.15, -0.1) is 0 Å². The summed E-state index contributed by atoms with van der Waals surface area (Å²) >= 11 is 0. The Hall–Kier alpha value is -2.28. The molecule has 0 unspecified atom stereocenters. The van der Waals surface area contributed by atoms with Gasteiger partial charge in [0.05, 0.1) is 6.54 Å². The Morgan fingerprint density at radius 3 is 2.71 bits per heavy atom. The molecule has 2 heterocycles. The number of nitrogens with one attached hydrogen (secondary N) is 1. The summed E-state index contributed by atoms with van der Waals surface area (Å²) in [6, 6.07) is 6.27. The van der Waals surface area contributed by atoms with Gasteiger partial charge < -0.3 is 9.84 Å². The van der Waals surface area contributed by atoms with Crippen LogP contribution in [-0.2, 0) is 11.3 Å². The van der Waals surface area contributed by atoms with Gasteiger partial charge in [0, 0.05) is 31.1 Å². The second-order valence-electron chi connectivity index (χ2n) is 5.99. The van der Waals surface area contributed by atoms with E-state index in [-0.39, 0.29) is 17.8 Å². The van der Waals surface area contributed by atoms with Gasteiger partial charge in [0.25, 0.3) is 0 Å². The summed E-state index contributed by atoms with van der Waals surface area (Å²) in [4.78, 5) is 18.0. The average molecular weight is 332 g/mol. The lowest BCUT2D eigenvalue weighted by Crippen LogP contribution is -2.44. The Morgan fingerprint density at radius 2 is 2.04 bits per heavy atom. The van der Waals surface area contributed by atoms with E-state index in [0.29, 0.717) is 24.7 Å². The molecule has 6 nitrogen and oxygen atoms in total. The first-order valence-corrected chi connectivity index (χ1v) is 8.24. The van der Waals surface area contributed by atoms with Crippen LogP contribution in [0, 0.1) is 5.82 Å². The molecule has 1 aliphatic heterocycles. The van der Waals surface area contributed by atoms with E-state index in [1.54, 1.807) is 12.1 Å². The molecule has 3 rings (SSSR count). The van der Waals surface area contributed by atoms with Crippen LogP contribution in [0.1, 0.15) is 32.1 Å². The first-order valence-electron chi connectivity index (χ1n) is 8.24. The molecule has 0 radical (unpaired) electrons. The number of likely N-dealkylation sites (tertiary alicyclic amines) is 1. The van der Waals surface area contributed by atoms with Gasteiger partial charge in [-0.3, -0.25) is 9.69 Å². The van der Waals surface area contributed by atoms with Crippen molar-refractivity contribution in [1.82, 2.24) is 20.4 Å². The highest BCUT2D eigenvalue weighted by molar-refractivity contribution is 5.75. The van der Waals surface area contributed by atoms with E-state index in [1.807, 2.05) is 6.92 Å². The van der Waals surface area contributed by atoms with Crippen LogP contribution in [0.25, 0.3) is 11.4 Å². The van der Waals surface area contributed by atoms with Crippen molar-refractivity contribution >= 4 is 5.91 Å². The summed E-state index contributed by atoms with van der Waals surface area (Å²) in [5.74, 6) is 0.829. The molecule has 1 aliphatic rings. The number of benzene rings is 1. The zero-order valence-corrected chi connectivity index (χ0v) is 13.7. The summed E-state index contributed by atoms with van der Waals surface area (Å²) in [7, 11) is 0. The molecule has 0 aliphatic carbocycles. The Balaban J connectivity index is 1.53. The molecular weight excluding hydrogens is 311 g/mol. The van der Waals surface area contributed by atoms with Crippen molar-refractivity contribution in [3.8, 4) is 11.4 Å². The normalized spacial score (nSPS) is 16.2. The third-order valence-electron chi connectivity index (χ3n) is 4.20. The lowest BCUT2D eigenvalue weighted by atomic mass is 10.0. The average Bonchev–Trinajstić information content (AvgIpc) is 3.05. The molecule has 128 valence electrons. The van der Waals surface area contributed by atoms with Crippen molar-refractivity contribution in [3.63, 3.8) is 0 Å². The molecular formula is C17H21FN4O2. The quantitative estimate of drug-likeness (QED) is 0.910. The molecule has 2 aromatic rings. The number of halogens is 1. The number of carbonyl (C=O) groups excluding carboxylic acids is 1. The van der Waals surface area contributed by atoms with Crippen LogP contribution < -0.4 is 5.32 Å². The Kier molecular flexibility index (Phi) is 5.20. The SMILES string of the molecule is CCC(=O)NC1CCN(Cc2nc(-c3ccc(F)cc3)no2)CC1.